The van der Waals surface area contributed by atoms with E-state index >= 15 is 0 Å². The molecule has 0 radical (unpaired) electrons. The highest BCUT2D eigenvalue weighted by Gasteiger charge is 2.05. The van der Waals surface area contributed by atoms with Crippen LogP contribution >= 0.6 is 11.3 Å². The zero-order valence-corrected chi connectivity index (χ0v) is 12.5. The Balaban J connectivity index is 1.78. The Morgan fingerprint density at radius 2 is 1.82 bits per heavy atom. The molecule has 0 bridgehead atoms. The summed E-state index contributed by atoms with van der Waals surface area (Å²) in [7, 11) is 0. The van der Waals surface area contributed by atoms with E-state index in [1.807, 2.05) is 36.4 Å². The predicted molar refractivity (Wildman–Crippen MR) is 94.2 cm³/mol. The van der Waals surface area contributed by atoms with Crippen LogP contribution in [-0.4, -0.2) is 10.1 Å². The van der Waals surface area contributed by atoms with Gasteiger partial charge in [0.1, 0.15) is 10.8 Å². The number of fused-ring (bicyclic) bond motifs is 3. The maximum atomic E-state index is 9.50. The van der Waals surface area contributed by atoms with Crippen molar-refractivity contribution in [1.82, 2.24) is 4.98 Å². The Bertz CT molecular complexity index is 1000. The molecule has 0 amide bonds. The summed E-state index contributed by atoms with van der Waals surface area (Å²) in [6, 6.07) is 19.8. The number of hydrogen-bond donors (Lipinski definition) is 1. The van der Waals surface area contributed by atoms with Crippen molar-refractivity contribution in [3.05, 3.63) is 71.2 Å². The van der Waals surface area contributed by atoms with Gasteiger partial charge in [-0.25, -0.2) is 4.98 Å². The lowest BCUT2D eigenvalue weighted by molar-refractivity contribution is 0.475. The molecular formula is C19H13NOS. The van der Waals surface area contributed by atoms with E-state index in [0.29, 0.717) is 0 Å². The lowest BCUT2D eigenvalue weighted by atomic mass is 10.1. The van der Waals surface area contributed by atoms with Crippen LogP contribution in [0.2, 0.25) is 0 Å². The van der Waals surface area contributed by atoms with Crippen molar-refractivity contribution in [2.24, 2.45) is 0 Å². The molecule has 3 heteroatoms. The number of aromatic nitrogens is 1. The summed E-state index contributed by atoms with van der Waals surface area (Å²) in [5, 5.41) is 12.9. The summed E-state index contributed by atoms with van der Waals surface area (Å²) in [6.07, 6.45) is 3.97. The fourth-order valence-electron chi connectivity index (χ4n) is 2.55. The zero-order valence-electron chi connectivity index (χ0n) is 11.7. The summed E-state index contributed by atoms with van der Waals surface area (Å²) in [5.41, 5.74) is 2.02. The molecule has 22 heavy (non-hydrogen) atoms. The Morgan fingerprint density at radius 3 is 2.73 bits per heavy atom. The van der Waals surface area contributed by atoms with E-state index in [1.54, 1.807) is 23.5 Å². The minimum Gasteiger partial charge on any atom is -0.508 e. The fourth-order valence-corrected chi connectivity index (χ4v) is 3.43. The minimum atomic E-state index is 0.275. The van der Waals surface area contributed by atoms with Crippen LogP contribution in [0, 0.1) is 0 Å². The van der Waals surface area contributed by atoms with E-state index < -0.39 is 0 Å². The smallest absolute Gasteiger partial charge is 0.117 e. The van der Waals surface area contributed by atoms with Gasteiger partial charge in [-0.15, -0.1) is 11.3 Å². The van der Waals surface area contributed by atoms with Gasteiger partial charge in [0, 0.05) is 5.39 Å². The highest BCUT2D eigenvalue weighted by molar-refractivity contribution is 7.19. The van der Waals surface area contributed by atoms with Gasteiger partial charge in [0.2, 0.25) is 0 Å². The fraction of sp³-hybridized carbons (Fsp3) is 0. The Labute approximate surface area is 132 Å². The van der Waals surface area contributed by atoms with Gasteiger partial charge in [0.05, 0.1) is 10.2 Å². The molecule has 1 aromatic heterocycles. The SMILES string of the molecule is Oc1cccc(/C=C/c2nc3c(ccc4ccccc43)s2)c1. The Kier molecular flexibility index (Phi) is 3.13. The molecule has 0 saturated carbocycles. The molecule has 2 nitrogen and oxygen atoms in total. The molecule has 0 spiro atoms. The molecule has 4 rings (SSSR count). The van der Waals surface area contributed by atoms with Crippen LogP contribution in [-0.2, 0) is 0 Å². The molecule has 1 N–H and O–H groups in total. The van der Waals surface area contributed by atoms with Gasteiger partial charge in [0.15, 0.2) is 0 Å². The second-order valence-corrected chi connectivity index (χ2v) is 6.18. The first kappa shape index (κ1) is 13.0. The molecule has 0 unspecified atom stereocenters. The standard InChI is InChI=1S/C19H13NOS/c21-15-6-3-4-13(12-15)8-11-18-20-19-16-7-2-1-5-14(16)9-10-17(19)22-18/h1-12,21H/b11-8+. The lowest BCUT2D eigenvalue weighted by Gasteiger charge is -1.96. The largest absolute Gasteiger partial charge is 0.508 e. The van der Waals surface area contributed by atoms with Crippen molar-refractivity contribution < 1.29 is 5.11 Å². The lowest BCUT2D eigenvalue weighted by Crippen LogP contribution is -1.75. The number of thiazole rings is 1. The van der Waals surface area contributed by atoms with E-state index in [0.717, 1.165) is 16.1 Å². The molecule has 0 fully saturated rings. The van der Waals surface area contributed by atoms with Crippen molar-refractivity contribution in [3.63, 3.8) is 0 Å². The number of aromatic hydroxyl groups is 1. The van der Waals surface area contributed by atoms with Crippen LogP contribution in [0.5, 0.6) is 5.75 Å². The number of phenolic OH excluding ortho intramolecular Hbond substituents is 1. The Hall–Kier alpha value is -2.65. The number of nitrogens with zero attached hydrogens (tertiary/aromatic N) is 1. The van der Waals surface area contributed by atoms with Gasteiger partial charge in [-0.2, -0.15) is 0 Å². The van der Waals surface area contributed by atoms with Crippen molar-refractivity contribution in [2.75, 3.05) is 0 Å². The molecule has 0 aliphatic rings. The first-order valence-electron chi connectivity index (χ1n) is 7.05. The van der Waals surface area contributed by atoms with Crippen LogP contribution in [0.4, 0.5) is 0 Å². The number of phenols is 1. The third-order valence-corrected chi connectivity index (χ3v) is 4.57. The number of hydrogen-bond acceptors (Lipinski definition) is 3. The first-order chi connectivity index (χ1) is 10.8. The molecule has 0 aliphatic carbocycles. The van der Waals surface area contributed by atoms with Gasteiger partial charge >= 0.3 is 0 Å². The molecule has 0 saturated heterocycles. The normalized spacial score (nSPS) is 11.6. The molecule has 3 aromatic carbocycles. The molecule has 4 aromatic rings. The first-order valence-corrected chi connectivity index (χ1v) is 7.87. The van der Waals surface area contributed by atoms with Crippen LogP contribution in [0.1, 0.15) is 10.6 Å². The van der Waals surface area contributed by atoms with Gasteiger partial charge in [-0.05, 0) is 35.2 Å². The summed E-state index contributed by atoms with van der Waals surface area (Å²) in [4.78, 5) is 4.75. The van der Waals surface area contributed by atoms with E-state index in [-0.39, 0.29) is 5.75 Å². The van der Waals surface area contributed by atoms with Crippen LogP contribution in [0.25, 0.3) is 33.1 Å². The third kappa shape index (κ3) is 2.36. The van der Waals surface area contributed by atoms with Crippen LogP contribution in [0.15, 0.2) is 60.7 Å². The second kappa shape index (κ2) is 5.28. The number of benzene rings is 3. The van der Waals surface area contributed by atoms with Crippen molar-refractivity contribution >= 4 is 44.5 Å². The maximum Gasteiger partial charge on any atom is 0.117 e. The summed E-state index contributed by atoms with van der Waals surface area (Å²) in [6.45, 7) is 0. The molecule has 0 atom stereocenters. The average molecular weight is 303 g/mol. The Morgan fingerprint density at radius 1 is 0.909 bits per heavy atom. The highest BCUT2D eigenvalue weighted by atomic mass is 32.1. The molecule has 106 valence electrons. The van der Waals surface area contributed by atoms with E-state index in [2.05, 4.69) is 24.3 Å². The molecular weight excluding hydrogens is 290 g/mol. The number of rotatable bonds is 2. The molecule has 1 heterocycles. The summed E-state index contributed by atoms with van der Waals surface area (Å²) < 4.78 is 1.19. The summed E-state index contributed by atoms with van der Waals surface area (Å²) >= 11 is 1.68. The van der Waals surface area contributed by atoms with E-state index in [9.17, 15) is 5.11 Å². The van der Waals surface area contributed by atoms with Gasteiger partial charge in [-0.1, -0.05) is 48.5 Å². The van der Waals surface area contributed by atoms with Crippen LogP contribution < -0.4 is 0 Å². The molecule has 0 aliphatic heterocycles. The van der Waals surface area contributed by atoms with Crippen molar-refractivity contribution in [1.29, 1.82) is 0 Å². The monoisotopic (exact) mass is 303 g/mol. The summed E-state index contributed by atoms with van der Waals surface area (Å²) in [5.74, 6) is 0.275. The third-order valence-electron chi connectivity index (χ3n) is 3.59. The van der Waals surface area contributed by atoms with Gasteiger partial charge < -0.3 is 5.11 Å². The van der Waals surface area contributed by atoms with Gasteiger partial charge in [-0.3, -0.25) is 0 Å². The highest BCUT2D eigenvalue weighted by Crippen LogP contribution is 2.30. The van der Waals surface area contributed by atoms with E-state index in [1.165, 1.54) is 15.5 Å². The second-order valence-electron chi connectivity index (χ2n) is 5.11. The minimum absolute atomic E-state index is 0.275. The van der Waals surface area contributed by atoms with Gasteiger partial charge in [0.25, 0.3) is 0 Å². The quantitative estimate of drug-likeness (QED) is 0.543. The van der Waals surface area contributed by atoms with Crippen LogP contribution in [0.3, 0.4) is 0 Å². The zero-order chi connectivity index (χ0) is 14.9. The van der Waals surface area contributed by atoms with Crippen molar-refractivity contribution in [3.8, 4) is 5.75 Å². The van der Waals surface area contributed by atoms with E-state index in [4.69, 9.17) is 4.98 Å². The maximum absolute atomic E-state index is 9.50. The topological polar surface area (TPSA) is 33.1 Å². The predicted octanol–water partition coefficient (Wildman–Crippen LogP) is 5.33. The van der Waals surface area contributed by atoms with Crippen molar-refractivity contribution in [2.45, 2.75) is 0 Å². The average Bonchev–Trinajstić information content (AvgIpc) is 2.97.